The van der Waals surface area contributed by atoms with E-state index < -0.39 is 0 Å². The van der Waals surface area contributed by atoms with Crippen molar-refractivity contribution < 1.29 is 14.7 Å². The van der Waals surface area contributed by atoms with Gasteiger partial charge < -0.3 is 14.9 Å². The minimum atomic E-state index is -0.214. The molecule has 0 unspecified atom stereocenters. The standard InChI is InChI=1S/C25H29N3O3/c29-16-22-24(18-10-8-17(9-11-18)20-7-4-12-26-13-20)21-14-27(15-23(30)28(21)22)25(31)19-5-2-1-3-6-19/h4,7-13,19,21-22,24,29H,1-3,5-6,14-16H2/t21-,22-,24+/m0/s1. The molecule has 2 amide bonds. The third-order valence-electron chi connectivity index (χ3n) is 7.31. The zero-order valence-corrected chi connectivity index (χ0v) is 17.7. The Morgan fingerprint density at radius 3 is 2.52 bits per heavy atom. The number of fused-ring (bicyclic) bond motifs is 1. The predicted molar refractivity (Wildman–Crippen MR) is 117 cm³/mol. The Labute approximate surface area is 182 Å². The molecule has 162 valence electrons. The van der Waals surface area contributed by atoms with Gasteiger partial charge in [0.05, 0.1) is 25.2 Å². The van der Waals surface area contributed by atoms with Gasteiger partial charge in [0.25, 0.3) is 0 Å². The van der Waals surface area contributed by atoms with Crippen LogP contribution in [0.15, 0.2) is 48.8 Å². The molecule has 3 fully saturated rings. The van der Waals surface area contributed by atoms with Crippen LogP contribution < -0.4 is 0 Å². The van der Waals surface area contributed by atoms with Crippen LogP contribution in [0.25, 0.3) is 11.1 Å². The maximum absolute atomic E-state index is 13.1. The summed E-state index contributed by atoms with van der Waals surface area (Å²) in [5, 5.41) is 10.0. The fourth-order valence-electron chi connectivity index (χ4n) is 5.71. The van der Waals surface area contributed by atoms with E-state index in [0.717, 1.165) is 42.4 Å². The highest BCUT2D eigenvalue weighted by molar-refractivity contribution is 5.88. The van der Waals surface area contributed by atoms with E-state index in [0.29, 0.717) is 6.54 Å². The molecular formula is C25H29N3O3. The summed E-state index contributed by atoms with van der Waals surface area (Å²) in [5.74, 6) is 0.214. The minimum Gasteiger partial charge on any atom is -0.394 e. The molecule has 3 aliphatic rings. The van der Waals surface area contributed by atoms with Gasteiger partial charge in [-0.15, -0.1) is 0 Å². The van der Waals surface area contributed by atoms with Crippen LogP contribution in [0.2, 0.25) is 0 Å². The van der Waals surface area contributed by atoms with Gasteiger partial charge in [0, 0.05) is 30.8 Å². The van der Waals surface area contributed by atoms with Crippen molar-refractivity contribution in [3.63, 3.8) is 0 Å². The summed E-state index contributed by atoms with van der Waals surface area (Å²) in [5.41, 5.74) is 3.25. The number of aliphatic hydroxyl groups is 1. The number of carbonyl (C=O) groups is 2. The third kappa shape index (κ3) is 3.63. The molecule has 6 nitrogen and oxygen atoms in total. The number of amides is 2. The molecule has 0 spiro atoms. The van der Waals surface area contributed by atoms with Crippen molar-refractivity contribution in [3.05, 3.63) is 54.4 Å². The Morgan fingerprint density at radius 1 is 1.06 bits per heavy atom. The average molecular weight is 420 g/mol. The topological polar surface area (TPSA) is 73.7 Å². The van der Waals surface area contributed by atoms with Gasteiger partial charge in [-0.3, -0.25) is 14.6 Å². The van der Waals surface area contributed by atoms with Crippen molar-refractivity contribution in [2.45, 2.75) is 50.1 Å². The van der Waals surface area contributed by atoms with Gasteiger partial charge >= 0.3 is 0 Å². The lowest BCUT2D eigenvalue weighted by molar-refractivity contribution is -0.168. The Morgan fingerprint density at radius 2 is 1.84 bits per heavy atom. The minimum absolute atomic E-state index is 0.0392. The maximum atomic E-state index is 13.1. The molecule has 0 bridgehead atoms. The average Bonchev–Trinajstić information content (AvgIpc) is 2.81. The second-order valence-electron chi connectivity index (χ2n) is 9.06. The molecule has 2 aromatic rings. The van der Waals surface area contributed by atoms with Crippen LogP contribution in [0, 0.1) is 5.92 Å². The Bertz CT molecular complexity index is 940. The van der Waals surface area contributed by atoms with Crippen molar-refractivity contribution in [3.8, 4) is 11.1 Å². The zero-order valence-electron chi connectivity index (χ0n) is 17.7. The number of rotatable bonds is 4. The number of carbonyl (C=O) groups excluding carboxylic acids is 2. The summed E-state index contributed by atoms with van der Waals surface area (Å²) in [7, 11) is 0. The highest BCUT2D eigenvalue weighted by Gasteiger charge is 2.54. The molecule has 1 aromatic carbocycles. The second kappa shape index (κ2) is 8.42. The highest BCUT2D eigenvalue weighted by Crippen LogP contribution is 2.43. The van der Waals surface area contributed by atoms with Gasteiger partial charge in [-0.05, 0) is 35.6 Å². The summed E-state index contributed by atoms with van der Waals surface area (Å²) in [6.07, 6.45) is 8.89. The van der Waals surface area contributed by atoms with Gasteiger partial charge in [-0.25, -0.2) is 0 Å². The SMILES string of the molecule is O=C(C1CCCCC1)N1CC(=O)N2[C@@H](CO)[C@H](c3ccc(-c4cccnc4)cc3)[C@@H]2C1. The molecule has 5 rings (SSSR count). The number of benzene rings is 1. The van der Waals surface area contributed by atoms with E-state index in [4.69, 9.17) is 0 Å². The summed E-state index contributed by atoms with van der Waals surface area (Å²) >= 11 is 0. The van der Waals surface area contributed by atoms with Gasteiger partial charge in [0.15, 0.2) is 0 Å². The number of aliphatic hydroxyl groups excluding tert-OH is 1. The van der Waals surface area contributed by atoms with Crippen molar-refractivity contribution in [2.75, 3.05) is 19.7 Å². The third-order valence-corrected chi connectivity index (χ3v) is 7.31. The quantitative estimate of drug-likeness (QED) is 0.827. The van der Waals surface area contributed by atoms with Crippen LogP contribution in [0.3, 0.4) is 0 Å². The number of piperazine rings is 1. The molecule has 2 aliphatic heterocycles. The van der Waals surface area contributed by atoms with E-state index in [1.165, 1.54) is 6.42 Å². The number of pyridine rings is 1. The first-order valence-corrected chi connectivity index (χ1v) is 11.4. The molecule has 1 N–H and O–H groups in total. The molecule has 0 radical (unpaired) electrons. The Balaban J connectivity index is 1.35. The van der Waals surface area contributed by atoms with Crippen molar-refractivity contribution >= 4 is 11.8 Å². The van der Waals surface area contributed by atoms with E-state index in [1.54, 1.807) is 11.1 Å². The number of hydrogen-bond acceptors (Lipinski definition) is 4. The van der Waals surface area contributed by atoms with Gasteiger partial charge in [-0.1, -0.05) is 49.6 Å². The molecule has 31 heavy (non-hydrogen) atoms. The summed E-state index contributed by atoms with van der Waals surface area (Å²) in [4.78, 5) is 33.7. The molecule has 1 aromatic heterocycles. The lowest BCUT2D eigenvalue weighted by Gasteiger charge is -2.59. The molecular weight excluding hydrogens is 390 g/mol. The fraction of sp³-hybridized carbons (Fsp3) is 0.480. The van der Waals surface area contributed by atoms with Crippen LogP contribution >= 0.6 is 0 Å². The van der Waals surface area contributed by atoms with Crippen molar-refractivity contribution in [2.24, 2.45) is 5.92 Å². The monoisotopic (exact) mass is 419 g/mol. The first-order valence-electron chi connectivity index (χ1n) is 11.4. The van der Waals surface area contributed by atoms with Crippen molar-refractivity contribution in [1.82, 2.24) is 14.8 Å². The van der Waals surface area contributed by atoms with E-state index in [2.05, 4.69) is 29.2 Å². The van der Waals surface area contributed by atoms with Crippen LogP contribution in [0.1, 0.15) is 43.6 Å². The molecule has 3 atom stereocenters. The van der Waals surface area contributed by atoms with Gasteiger partial charge in [0.1, 0.15) is 0 Å². The van der Waals surface area contributed by atoms with E-state index >= 15 is 0 Å². The number of hydrogen-bond donors (Lipinski definition) is 1. The summed E-state index contributed by atoms with van der Waals surface area (Å²) in [6, 6.07) is 12.0. The van der Waals surface area contributed by atoms with Crippen LogP contribution in [-0.2, 0) is 9.59 Å². The van der Waals surface area contributed by atoms with E-state index in [1.807, 2.05) is 23.2 Å². The number of nitrogens with zero attached hydrogens (tertiary/aromatic N) is 3. The Hall–Kier alpha value is -2.73. The predicted octanol–water partition coefficient (Wildman–Crippen LogP) is 2.83. The summed E-state index contributed by atoms with van der Waals surface area (Å²) in [6.45, 7) is 0.648. The maximum Gasteiger partial charge on any atom is 0.242 e. The van der Waals surface area contributed by atoms with Crippen LogP contribution in [0.4, 0.5) is 0 Å². The highest BCUT2D eigenvalue weighted by atomic mass is 16.3. The molecule has 3 heterocycles. The first-order chi connectivity index (χ1) is 15.2. The molecule has 1 aliphatic carbocycles. The first kappa shape index (κ1) is 20.2. The second-order valence-corrected chi connectivity index (χ2v) is 9.06. The van der Waals surface area contributed by atoms with Gasteiger partial charge in [0.2, 0.25) is 11.8 Å². The van der Waals surface area contributed by atoms with E-state index in [9.17, 15) is 14.7 Å². The Kier molecular flexibility index (Phi) is 5.48. The van der Waals surface area contributed by atoms with Crippen LogP contribution in [-0.4, -0.2) is 63.5 Å². The lowest BCUT2D eigenvalue weighted by atomic mass is 9.73. The largest absolute Gasteiger partial charge is 0.394 e. The fourth-order valence-corrected chi connectivity index (χ4v) is 5.71. The van der Waals surface area contributed by atoms with E-state index in [-0.39, 0.29) is 48.9 Å². The van der Waals surface area contributed by atoms with Gasteiger partial charge in [-0.2, -0.15) is 0 Å². The number of aromatic nitrogens is 1. The van der Waals surface area contributed by atoms with Crippen molar-refractivity contribution in [1.29, 1.82) is 0 Å². The zero-order chi connectivity index (χ0) is 21.4. The normalized spacial score (nSPS) is 26.4. The lowest BCUT2D eigenvalue weighted by Crippen LogP contribution is -2.73. The smallest absolute Gasteiger partial charge is 0.242 e. The molecule has 6 heteroatoms. The summed E-state index contributed by atoms with van der Waals surface area (Å²) < 4.78 is 0. The molecule has 2 saturated heterocycles. The molecule has 1 saturated carbocycles. The van der Waals surface area contributed by atoms with Crippen LogP contribution in [0.5, 0.6) is 0 Å².